The molecule has 0 saturated heterocycles. The second-order valence-electron chi connectivity index (χ2n) is 5.38. The van der Waals surface area contributed by atoms with E-state index in [0.717, 1.165) is 0 Å². The normalized spacial score (nSPS) is 13.0. The van der Waals surface area contributed by atoms with Gasteiger partial charge in [0.05, 0.1) is 6.04 Å². The number of hydrogen-bond donors (Lipinski definition) is 2. The smallest absolute Gasteiger partial charge is 0.340 e. The number of carbonyl (C=O) groups is 2. The van der Waals surface area contributed by atoms with Crippen LogP contribution in [0.15, 0.2) is 48.5 Å². The van der Waals surface area contributed by atoms with Gasteiger partial charge < -0.3 is 15.2 Å². The summed E-state index contributed by atoms with van der Waals surface area (Å²) >= 11 is 11.9. The minimum Gasteiger partial charge on any atom is -0.453 e. The number of halogens is 2. The molecule has 0 aliphatic rings. The first-order valence-corrected chi connectivity index (χ1v) is 8.28. The molecule has 0 heterocycles. The Labute approximate surface area is 155 Å². The zero-order chi connectivity index (χ0) is 18.4. The summed E-state index contributed by atoms with van der Waals surface area (Å²) in [5.41, 5.74) is 1.09. The Kier molecular flexibility index (Phi) is 6.82. The average Bonchev–Trinajstić information content (AvgIpc) is 2.59. The van der Waals surface area contributed by atoms with Gasteiger partial charge in [-0.15, -0.1) is 0 Å². The summed E-state index contributed by atoms with van der Waals surface area (Å²) in [7, 11) is 0. The monoisotopic (exact) mass is 381 g/mol. The molecular formula is C18H17Cl2NO4. The summed E-state index contributed by atoms with van der Waals surface area (Å²) in [4.78, 5) is 23.7. The number of aliphatic hydroxyl groups is 1. The number of benzene rings is 2. The van der Waals surface area contributed by atoms with Crippen LogP contribution < -0.4 is 5.32 Å². The van der Waals surface area contributed by atoms with E-state index in [2.05, 4.69) is 5.32 Å². The highest BCUT2D eigenvalue weighted by Crippen LogP contribution is 2.26. The van der Waals surface area contributed by atoms with Gasteiger partial charge in [0.25, 0.3) is 5.91 Å². The van der Waals surface area contributed by atoms with Gasteiger partial charge in [0, 0.05) is 10.0 Å². The molecule has 0 saturated carbocycles. The zero-order valence-electron chi connectivity index (χ0n) is 13.4. The molecule has 0 aliphatic heterocycles. The van der Waals surface area contributed by atoms with Crippen molar-refractivity contribution in [2.24, 2.45) is 0 Å². The molecule has 0 spiro atoms. The number of amides is 1. The van der Waals surface area contributed by atoms with Crippen molar-refractivity contribution >= 4 is 35.1 Å². The average molecular weight is 382 g/mol. The van der Waals surface area contributed by atoms with Crippen molar-refractivity contribution < 1.29 is 19.4 Å². The third-order valence-corrected chi connectivity index (χ3v) is 4.05. The van der Waals surface area contributed by atoms with E-state index >= 15 is 0 Å². The fraction of sp³-hybridized carbons (Fsp3) is 0.222. The summed E-state index contributed by atoms with van der Waals surface area (Å²) in [6, 6.07) is 12.9. The van der Waals surface area contributed by atoms with Crippen LogP contribution in [0.2, 0.25) is 10.0 Å². The molecule has 0 radical (unpaired) electrons. The second-order valence-corrected chi connectivity index (χ2v) is 6.22. The predicted octanol–water partition coefficient (Wildman–Crippen LogP) is 3.45. The van der Waals surface area contributed by atoms with Crippen molar-refractivity contribution in [1.82, 2.24) is 5.32 Å². The largest absolute Gasteiger partial charge is 0.453 e. The Balaban J connectivity index is 1.86. The van der Waals surface area contributed by atoms with Crippen molar-refractivity contribution in [1.29, 1.82) is 0 Å². The fourth-order valence-corrected chi connectivity index (χ4v) is 2.77. The summed E-state index contributed by atoms with van der Waals surface area (Å²) in [6.45, 7) is 1.24. The second kappa shape index (κ2) is 8.85. The molecule has 2 N–H and O–H groups in total. The molecule has 0 aliphatic carbocycles. The van der Waals surface area contributed by atoms with E-state index in [-0.39, 0.29) is 0 Å². The Morgan fingerprint density at radius 1 is 1.16 bits per heavy atom. The van der Waals surface area contributed by atoms with Crippen LogP contribution >= 0.6 is 23.2 Å². The highest BCUT2D eigenvalue weighted by molar-refractivity contribution is 6.35. The lowest BCUT2D eigenvalue weighted by molar-refractivity contribution is -0.157. The summed E-state index contributed by atoms with van der Waals surface area (Å²) in [6.07, 6.45) is -1.43. The van der Waals surface area contributed by atoms with Crippen molar-refractivity contribution in [3.8, 4) is 0 Å². The molecular weight excluding hydrogens is 365 g/mol. The lowest BCUT2D eigenvalue weighted by Gasteiger charge is -2.16. The molecule has 132 valence electrons. The summed E-state index contributed by atoms with van der Waals surface area (Å²) < 4.78 is 4.85. The van der Waals surface area contributed by atoms with Gasteiger partial charge >= 0.3 is 5.97 Å². The number of nitrogens with one attached hydrogen (secondary N) is 1. The van der Waals surface area contributed by atoms with Gasteiger partial charge in [-0.2, -0.15) is 0 Å². The molecule has 2 rings (SSSR count). The minimum absolute atomic E-state index is 0.394. The third kappa shape index (κ3) is 5.46. The summed E-state index contributed by atoms with van der Waals surface area (Å²) in [5, 5.41) is 13.5. The van der Waals surface area contributed by atoms with E-state index in [4.69, 9.17) is 27.9 Å². The van der Waals surface area contributed by atoms with E-state index in [0.29, 0.717) is 21.2 Å². The van der Waals surface area contributed by atoms with Crippen LogP contribution in [0.5, 0.6) is 0 Å². The van der Waals surface area contributed by atoms with Crippen LogP contribution in [0.4, 0.5) is 0 Å². The van der Waals surface area contributed by atoms with Crippen molar-refractivity contribution in [3.05, 3.63) is 69.7 Å². The molecule has 2 atom stereocenters. The lowest BCUT2D eigenvalue weighted by atomic mass is 10.1. The van der Waals surface area contributed by atoms with Crippen molar-refractivity contribution in [3.63, 3.8) is 0 Å². The van der Waals surface area contributed by atoms with Gasteiger partial charge in [0.15, 0.2) is 12.7 Å². The van der Waals surface area contributed by atoms with E-state index in [9.17, 15) is 14.7 Å². The quantitative estimate of drug-likeness (QED) is 0.751. The van der Waals surface area contributed by atoms with Crippen LogP contribution in [-0.4, -0.2) is 23.6 Å². The maximum atomic E-state index is 11.9. The van der Waals surface area contributed by atoms with Crippen LogP contribution in [-0.2, 0) is 14.3 Å². The minimum atomic E-state index is -1.43. The highest BCUT2D eigenvalue weighted by Gasteiger charge is 2.20. The van der Waals surface area contributed by atoms with Gasteiger partial charge in [-0.3, -0.25) is 4.79 Å². The van der Waals surface area contributed by atoms with E-state index in [1.54, 1.807) is 55.5 Å². The zero-order valence-corrected chi connectivity index (χ0v) is 14.9. The van der Waals surface area contributed by atoms with Crippen molar-refractivity contribution in [2.75, 3.05) is 6.61 Å². The van der Waals surface area contributed by atoms with Gasteiger partial charge in [-0.1, -0.05) is 59.6 Å². The molecule has 2 aromatic carbocycles. The van der Waals surface area contributed by atoms with Gasteiger partial charge in [-0.05, 0) is 30.2 Å². The van der Waals surface area contributed by atoms with E-state index < -0.39 is 30.6 Å². The Hall–Kier alpha value is -2.08. The Bertz CT molecular complexity index is 752. The maximum Gasteiger partial charge on any atom is 0.340 e. The number of esters is 1. The SMILES string of the molecule is C[C@H](NC(=O)COC(=O)[C@H](O)c1ccccc1)c1ccc(Cl)cc1Cl. The molecule has 7 heteroatoms. The van der Waals surface area contributed by atoms with Crippen LogP contribution in [0.3, 0.4) is 0 Å². The number of aliphatic hydroxyl groups excluding tert-OH is 1. The number of rotatable bonds is 6. The Morgan fingerprint density at radius 2 is 1.84 bits per heavy atom. The van der Waals surface area contributed by atoms with Gasteiger partial charge in [0.1, 0.15) is 0 Å². The van der Waals surface area contributed by atoms with Crippen LogP contribution in [0.1, 0.15) is 30.2 Å². The molecule has 0 bridgehead atoms. The lowest BCUT2D eigenvalue weighted by Crippen LogP contribution is -2.32. The number of hydrogen-bond acceptors (Lipinski definition) is 4. The molecule has 0 fully saturated rings. The summed E-state index contributed by atoms with van der Waals surface area (Å²) in [5.74, 6) is -1.40. The number of carbonyl (C=O) groups excluding carboxylic acids is 2. The predicted molar refractivity (Wildman–Crippen MR) is 95.4 cm³/mol. The maximum absolute atomic E-state index is 11.9. The first kappa shape index (κ1) is 19.2. The topological polar surface area (TPSA) is 75.6 Å². The number of ether oxygens (including phenoxy) is 1. The molecule has 25 heavy (non-hydrogen) atoms. The molecule has 1 amide bonds. The van der Waals surface area contributed by atoms with E-state index in [1.165, 1.54) is 0 Å². The van der Waals surface area contributed by atoms with Crippen LogP contribution in [0.25, 0.3) is 0 Å². The van der Waals surface area contributed by atoms with Crippen molar-refractivity contribution in [2.45, 2.75) is 19.1 Å². The van der Waals surface area contributed by atoms with Crippen LogP contribution in [0, 0.1) is 0 Å². The van der Waals surface area contributed by atoms with E-state index in [1.807, 2.05) is 0 Å². The first-order valence-electron chi connectivity index (χ1n) is 7.52. The Morgan fingerprint density at radius 3 is 2.48 bits per heavy atom. The van der Waals surface area contributed by atoms with Gasteiger partial charge in [0.2, 0.25) is 0 Å². The highest BCUT2D eigenvalue weighted by atomic mass is 35.5. The molecule has 0 unspecified atom stereocenters. The molecule has 0 aromatic heterocycles. The molecule has 5 nitrogen and oxygen atoms in total. The standard InChI is InChI=1S/C18H17Cl2NO4/c1-11(14-8-7-13(19)9-15(14)20)21-16(22)10-25-18(24)17(23)12-5-3-2-4-6-12/h2-9,11,17,23H,10H2,1H3,(H,21,22)/t11-,17+/m0/s1. The fourth-order valence-electron chi connectivity index (χ4n) is 2.20. The third-order valence-electron chi connectivity index (χ3n) is 3.49. The first-order chi connectivity index (χ1) is 11.9. The van der Waals surface area contributed by atoms with Gasteiger partial charge in [-0.25, -0.2) is 4.79 Å². The molecule has 2 aromatic rings.